The highest BCUT2D eigenvalue weighted by molar-refractivity contribution is 8.14. The van der Waals surface area contributed by atoms with Gasteiger partial charge in [0.25, 0.3) is 0 Å². The second-order valence-corrected chi connectivity index (χ2v) is 5.44. The van der Waals surface area contributed by atoms with Crippen molar-refractivity contribution in [2.24, 2.45) is 0 Å². The number of hydrogen-bond acceptors (Lipinski definition) is 4. The lowest BCUT2D eigenvalue weighted by Crippen LogP contribution is -2.36. The predicted octanol–water partition coefficient (Wildman–Crippen LogP) is 1.24. The predicted molar refractivity (Wildman–Crippen MR) is 77.8 cm³/mol. The highest BCUT2D eigenvalue weighted by Crippen LogP contribution is 2.12. The van der Waals surface area contributed by atoms with Crippen molar-refractivity contribution in [1.82, 2.24) is 10.6 Å². The maximum atomic E-state index is 11.4. The van der Waals surface area contributed by atoms with Crippen molar-refractivity contribution in [3.8, 4) is 0 Å². The molecule has 108 valence electrons. The normalized spacial score (nSPS) is 11.5. The van der Waals surface area contributed by atoms with Crippen LogP contribution in [0.2, 0.25) is 0 Å². The first-order valence-electron chi connectivity index (χ1n) is 6.17. The maximum absolute atomic E-state index is 11.4. The van der Waals surface area contributed by atoms with E-state index in [1.807, 2.05) is 0 Å². The van der Waals surface area contributed by atoms with Gasteiger partial charge in [0.15, 0.2) is 0 Å². The SMILES string of the molecule is C=C(C)C(=O)SCCC(CCNC(C)=O)NC(C)=O. The monoisotopic (exact) mass is 286 g/mol. The zero-order valence-corrected chi connectivity index (χ0v) is 12.6. The van der Waals surface area contributed by atoms with E-state index in [1.54, 1.807) is 6.92 Å². The summed E-state index contributed by atoms with van der Waals surface area (Å²) in [6.45, 7) is 8.68. The van der Waals surface area contributed by atoms with Crippen molar-refractivity contribution in [3.05, 3.63) is 12.2 Å². The van der Waals surface area contributed by atoms with Crippen LogP contribution in [0, 0.1) is 0 Å². The molecular formula is C13H22N2O3S. The van der Waals surface area contributed by atoms with Crippen LogP contribution in [-0.2, 0) is 14.4 Å². The fourth-order valence-electron chi connectivity index (χ4n) is 1.42. The Balaban J connectivity index is 4.05. The first-order chi connectivity index (χ1) is 8.82. The Bertz CT molecular complexity index is 356. The lowest BCUT2D eigenvalue weighted by molar-refractivity contribution is -0.119. The summed E-state index contributed by atoms with van der Waals surface area (Å²) >= 11 is 1.20. The van der Waals surface area contributed by atoms with Crippen molar-refractivity contribution in [3.63, 3.8) is 0 Å². The third-order valence-corrected chi connectivity index (χ3v) is 3.37. The van der Waals surface area contributed by atoms with Crippen LogP contribution >= 0.6 is 11.8 Å². The van der Waals surface area contributed by atoms with E-state index in [9.17, 15) is 14.4 Å². The molecule has 0 aliphatic rings. The molecule has 1 unspecified atom stereocenters. The molecule has 0 aliphatic carbocycles. The lowest BCUT2D eigenvalue weighted by atomic mass is 10.1. The van der Waals surface area contributed by atoms with Crippen molar-refractivity contribution < 1.29 is 14.4 Å². The molecule has 0 radical (unpaired) electrons. The standard InChI is InChI=1S/C13H22N2O3S/c1-9(2)13(18)19-8-6-12(15-11(4)17)5-7-14-10(3)16/h12H,1,5-8H2,2-4H3,(H,14,16)(H,15,17). The molecule has 0 aromatic carbocycles. The number of carbonyl (C=O) groups excluding carboxylic acids is 3. The van der Waals surface area contributed by atoms with Crippen molar-refractivity contribution in [2.45, 2.75) is 39.7 Å². The largest absolute Gasteiger partial charge is 0.356 e. The fraction of sp³-hybridized carbons (Fsp3) is 0.615. The minimum Gasteiger partial charge on any atom is -0.356 e. The summed E-state index contributed by atoms with van der Waals surface area (Å²) in [4.78, 5) is 33.2. The Morgan fingerprint density at radius 3 is 2.21 bits per heavy atom. The maximum Gasteiger partial charge on any atom is 0.217 e. The van der Waals surface area contributed by atoms with E-state index in [0.717, 1.165) is 0 Å². The smallest absolute Gasteiger partial charge is 0.217 e. The molecule has 19 heavy (non-hydrogen) atoms. The van der Waals surface area contributed by atoms with Gasteiger partial charge in [-0.05, 0) is 25.3 Å². The van der Waals surface area contributed by atoms with Crippen LogP contribution in [0.4, 0.5) is 0 Å². The number of carbonyl (C=O) groups is 3. The summed E-state index contributed by atoms with van der Waals surface area (Å²) in [5, 5.41) is 5.48. The Morgan fingerprint density at radius 1 is 1.11 bits per heavy atom. The van der Waals surface area contributed by atoms with E-state index in [1.165, 1.54) is 25.6 Å². The van der Waals surface area contributed by atoms with Gasteiger partial charge in [-0.3, -0.25) is 14.4 Å². The average molecular weight is 286 g/mol. The van der Waals surface area contributed by atoms with Crippen LogP contribution in [0.25, 0.3) is 0 Å². The molecule has 0 heterocycles. The van der Waals surface area contributed by atoms with Gasteiger partial charge in [-0.25, -0.2) is 0 Å². The summed E-state index contributed by atoms with van der Waals surface area (Å²) in [5.41, 5.74) is 0.527. The molecule has 0 aromatic rings. The summed E-state index contributed by atoms with van der Waals surface area (Å²) in [6.07, 6.45) is 1.34. The first kappa shape index (κ1) is 17.7. The van der Waals surface area contributed by atoms with Gasteiger partial charge in [0.1, 0.15) is 0 Å². The average Bonchev–Trinajstić information content (AvgIpc) is 2.26. The fourth-order valence-corrected chi connectivity index (χ4v) is 2.25. The summed E-state index contributed by atoms with van der Waals surface area (Å²) in [5.74, 6) is 0.425. The van der Waals surface area contributed by atoms with Crippen molar-refractivity contribution in [2.75, 3.05) is 12.3 Å². The Morgan fingerprint density at radius 2 is 1.74 bits per heavy atom. The van der Waals surface area contributed by atoms with Gasteiger partial charge in [0.05, 0.1) is 0 Å². The molecule has 2 N–H and O–H groups in total. The van der Waals surface area contributed by atoms with E-state index in [0.29, 0.717) is 30.7 Å². The molecule has 0 spiro atoms. The zero-order chi connectivity index (χ0) is 14.8. The van der Waals surface area contributed by atoms with Gasteiger partial charge in [-0.2, -0.15) is 0 Å². The van der Waals surface area contributed by atoms with Gasteiger partial charge < -0.3 is 10.6 Å². The molecule has 0 saturated carbocycles. The minimum absolute atomic E-state index is 0.0246. The molecule has 5 nitrogen and oxygen atoms in total. The quantitative estimate of drug-likeness (QED) is 0.658. The molecule has 6 heteroatoms. The van der Waals surface area contributed by atoms with Crippen LogP contribution in [0.3, 0.4) is 0 Å². The summed E-state index contributed by atoms with van der Waals surface area (Å²) in [6, 6.07) is -0.0326. The molecule has 0 bridgehead atoms. The van der Waals surface area contributed by atoms with Crippen LogP contribution in [-0.4, -0.2) is 35.3 Å². The third-order valence-electron chi connectivity index (χ3n) is 2.32. The number of hydrogen-bond donors (Lipinski definition) is 2. The molecule has 0 fully saturated rings. The van der Waals surface area contributed by atoms with Crippen molar-refractivity contribution in [1.29, 1.82) is 0 Å². The molecular weight excluding hydrogens is 264 g/mol. The Kier molecular flexibility index (Phi) is 8.95. The van der Waals surface area contributed by atoms with Gasteiger partial charge in [0.2, 0.25) is 16.9 Å². The number of rotatable bonds is 8. The van der Waals surface area contributed by atoms with Gasteiger partial charge in [0, 0.05) is 32.2 Å². The highest BCUT2D eigenvalue weighted by Gasteiger charge is 2.11. The molecule has 0 aromatic heterocycles. The van der Waals surface area contributed by atoms with Gasteiger partial charge >= 0.3 is 0 Å². The Labute approximate surface area is 118 Å². The molecule has 0 saturated heterocycles. The molecule has 0 aliphatic heterocycles. The lowest BCUT2D eigenvalue weighted by Gasteiger charge is -2.17. The van der Waals surface area contributed by atoms with E-state index < -0.39 is 0 Å². The third kappa shape index (κ3) is 10.3. The molecule has 2 amide bonds. The van der Waals surface area contributed by atoms with Crippen LogP contribution in [0.1, 0.15) is 33.6 Å². The number of nitrogens with one attached hydrogen (secondary N) is 2. The van der Waals surface area contributed by atoms with E-state index >= 15 is 0 Å². The summed E-state index contributed by atoms with van der Waals surface area (Å²) in [7, 11) is 0. The summed E-state index contributed by atoms with van der Waals surface area (Å²) < 4.78 is 0. The second kappa shape index (κ2) is 9.61. The number of thioether (sulfide) groups is 1. The molecule has 0 rings (SSSR count). The first-order valence-corrected chi connectivity index (χ1v) is 7.15. The number of amides is 2. The van der Waals surface area contributed by atoms with Gasteiger partial charge in [-0.15, -0.1) is 0 Å². The van der Waals surface area contributed by atoms with E-state index in [4.69, 9.17) is 0 Å². The van der Waals surface area contributed by atoms with Gasteiger partial charge in [-0.1, -0.05) is 18.3 Å². The zero-order valence-electron chi connectivity index (χ0n) is 11.7. The van der Waals surface area contributed by atoms with E-state index in [-0.39, 0.29) is 23.0 Å². The van der Waals surface area contributed by atoms with E-state index in [2.05, 4.69) is 17.2 Å². The topological polar surface area (TPSA) is 75.3 Å². The molecule has 1 atom stereocenters. The van der Waals surface area contributed by atoms with Crippen molar-refractivity contribution >= 4 is 28.7 Å². The Hall–Kier alpha value is -1.30. The van der Waals surface area contributed by atoms with Crippen LogP contribution in [0.5, 0.6) is 0 Å². The highest BCUT2D eigenvalue weighted by atomic mass is 32.2. The van der Waals surface area contributed by atoms with Crippen LogP contribution < -0.4 is 10.6 Å². The second-order valence-electron chi connectivity index (χ2n) is 4.37. The minimum atomic E-state index is -0.107. The van der Waals surface area contributed by atoms with Crippen LogP contribution in [0.15, 0.2) is 12.2 Å².